The molecule has 2 heterocycles. The van der Waals surface area contributed by atoms with Gasteiger partial charge in [0.2, 0.25) is 5.91 Å². The number of halogens is 2. The molecule has 3 aromatic rings. The first-order valence-electron chi connectivity index (χ1n) is 8.14. The van der Waals surface area contributed by atoms with E-state index in [1.54, 1.807) is 34.7 Å². The van der Waals surface area contributed by atoms with Gasteiger partial charge >= 0.3 is 0 Å². The van der Waals surface area contributed by atoms with Crippen LogP contribution >= 0.6 is 15.9 Å². The van der Waals surface area contributed by atoms with Crippen molar-refractivity contribution in [1.82, 2.24) is 19.6 Å². The molecule has 1 N–H and O–H groups in total. The van der Waals surface area contributed by atoms with Gasteiger partial charge in [-0.15, -0.1) is 0 Å². The monoisotopic (exact) mass is 419 g/mol. The predicted molar refractivity (Wildman–Crippen MR) is 100 cm³/mol. The van der Waals surface area contributed by atoms with Gasteiger partial charge in [-0.25, -0.2) is 4.39 Å². The molecule has 26 heavy (non-hydrogen) atoms. The molecule has 0 saturated carbocycles. The lowest BCUT2D eigenvalue weighted by Crippen LogP contribution is -2.25. The standard InChI is InChI=1S/C18H19BrFN5O/c1-11-17(19)12(2)25(23-11)13(3)18(26)22-16-8-21-24(10-16)9-14-5-4-6-15(20)7-14/h4-8,10,13H,9H2,1-3H3,(H,22,26). The fourth-order valence-electron chi connectivity index (χ4n) is 2.71. The van der Waals surface area contributed by atoms with E-state index in [-0.39, 0.29) is 11.7 Å². The zero-order chi connectivity index (χ0) is 18.8. The summed E-state index contributed by atoms with van der Waals surface area (Å²) in [5, 5.41) is 11.4. The van der Waals surface area contributed by atoms with Crippen molar-refractivity contribution in [2.75, 3.05) is 5.32 Å². The zero-order valence-electron chi connectivity index (χ0n) is 14.7. The first-order valence-corrected chi connectivity index (χ1v) is 8.93. The first kappa shape index (κ1) is 18.3. The summed E-state index contributed by atoms with van der Waals surface area (Å²) in [6.07, 6.45) is 3.29. The van der Waals surface area contributed by atoms with Crippen LogP contribution in [0.15, 0.2) is 41.1 Å². The number of rotatable bonds is 5. The van der Waals surface area contributed by atoms with Gasteiger partial charge in [-0.3, -0.25) is 14.2 Å². The summed E-state index contributed by atoms with van der Waals surface area (Å²) in [5.41, 5.74) is 3.11. The van der Waals surface area contributed by atoms with Crippen molar-refractivity contribution >= 4 is 27.5 Å². The maximum atomic E-state index is 13.3. The largest absolute Gasteiger partial charge is 0.322 e. The lowest BCUT2D eigenvalue weighted by atomic mass is 10.2. The van der Waals surface area contributed by atoms with Gasteiger partial charge in [0.15, 0.2) is 0 Å². The fraction of sp³-hybridized carbons (Fsp3) is 0.278. The Hall–Kier alpha value is -2.48. The number of aromatic nitrogens is 4. The van der Waals surface area contributed by atoms with Gasteiger partial charge in [0.25, 0.3) is 0 Å². The Kier molecular flexibility index (Phi) is 5.22. The van der Waals surface area contributed by atoms with Crippen LogP contribution in [-0.4, -0.2) is 25.5 Å². The van der Waals surface area contributed by atoms with Crippen LogP contribution in [0.4, 0.5) is 10.1 Å². The van der Waals surface area contributed by atoms with Crippen LogP contribution < -0.4 is 5.32 Å². The second-order valence-electron chi connectivity index (χ2n) is 6.15. The number of carbonyl (C=O) groups is 1. The molecule has 0 saturated heterocycles. The van der Waals surface area contributed by atoms with E-state index in [0.29, 0.717) is 12.2 Å². The molecule has 1 atom stereocenters. The number of nitrogens with zero attached hydrogens (tertiary/aromatic N) is 4. The van der Waals surface area contributed by atoms with Crippen LogP contribution in [0.3, 0.4) is 0 Å². The van der Waals surface area contributed by atoms with Gasteiger partial charge in [-0.2, -0.15) is 10.2 Å². The molecule has 136 valence electrons. The van der Waals surface area contributed by atoms with Gasteiger partial charge in [0.1, 0.15) is 11.9 Å². The van der Waals surface area contributed by atoms with Gasteiger partial charge in [0, 0.05) is 6.20 Å². The molecule has 8 heteroatoms. The molecule has 0 radical (unpaired) electrons. The van der Waals surface area contributed by atoms with Crippen molar-refractivity contribution in [1.29, 1.82) is 0 Å². The smallest absolute Gasteiger partial charge is 0.249 e. The van der Waals surface area contributed by atoms with Gasteiger partial charge < -0.3 is 5.32 Å². The van der Waals surface area contributed by atoms with E-state index in [0.717, 1.165) is 21.4 Å². The molecule has 0 aliphatic carbocycles. The molecule has 0 spiro atoms. The Morgan fingerprint density at radius 1 is 1.38 bits per heavy atom. The summed E-state index contributed by atoms with van der Waals surface area (Å²) < 4.78 is 17.5. The van der Waals surface area contributed by atoms with Crippen molar-refractivity contribution in [3.63, 3.8) is 0 Å². The van der Waals surface area contributed by atoms with Crippen LogP contribution in [0.2, 0.25) is 0 Å². The Bertz CT molecular complexity index is 949. The molecule has 1 unspecified atom stereocenters. The van der Waals surface area contributed by atoms with Gasteiger partial charge in [0.05, 0.1) is 34.3 Å². The van der Waals surface area contributed by atoms with E-state index in [2.05, 4.69) is 31.4 Å². The third-order valence-corrected chi connectivity index (χ3v) is 5.27. The van der Waals surface area contributed by atoms with E-state index >= 15 is 0 Å². The van der Waals surface area contributed by atoms with E-state index in [9.17, 15) is 9.18 Å². The topological polar surface area (TPSA) is 64.7 Å². The number of carbonyl (C=O) groups excluding carboxylic acids is 1. The van der Waals surface area contributed by atoms with E-state index < -0.39 is 6.04 Å². The van der Waals surface area contributed by atoms with Crippen LogP contribution in [-0.2, 0) is 11.3 Å². The third kappa shape index (κ3) is 3.85. The minimum atomic E-state index is -0.466. The van der Waals surface area contributed by atoms with Gasteiger partial charge in [-0.05, 0) is 54.4 Å². The molecule has 0 fully saturated rings. The maximum absolute atomic E-state index is 13.3. The average Bonchev–Trinajstić information content (AvgIpc) is 3.13. The minimum absolute atomic E-state index is 0.187. The van der Waals surface area contributed by atoms with E-state index in [1.165, 1.54) is 12.1 Å². The van der Waals surface area contributed by atoms with E-state index in [1.807, 2.05) is 19.9 Å². The average molecular weight is 420 g/mol. The minimum Gasteiger partial charge on any atom is -0.322 e. The molecular formula is C18H19BrFN5O. The van der Waals surface area contributed by atoms with Crippen molar-refractivity contribution in [2.24, 2.45) is 0 Å². The van der Waals surface area contributed by atoms with Crippen LogP contribution in [0.1, 0.15) is 29.9 Å². The van der Waals surface area contributed by atoms with Gasteiger partial charge in [-0.1, -0.05) is 12.1 Å². The lowest BCUT2D eigenvalue weighted by molar-refractivity contribution is -0.119. The highest BCUT2D eigenvalue weighted by molar-refractivity contribution is 9.10. The third-order valence-electron chi connectivity index (χ3n) is 4.12. The summed E-state index contributed by atoms with van der Waals surface area (Å²) in [7, 11) is 0. The summed E-state index contributed by atoms with van der Waals surface area (Å²) in [5.74, 6) is -0.471. The van der Waals surface area contributed by atoms with E-state index in [4.69, 9.17) is 0 Å². The zero-order valence-corrected chi connectivity index (χ0v) is 16.3. The predicted octanol–water partition coefficient (Wildman–Crippen LogP) is 3.85. The number of aryl methyl sites for hydroxylation is 1. The molecule has 0 aliphatic rings. The Morgan fingerprint density at radius 2 is 2.15 bits per heavy atom. The summed E-state index contributed by atoms with van der Waals surface area (Å²) in [6, 6.07) is 5.88. The second kappa shape index (κ2) is 7.41. The number of hydrogen-bond donors (Lipinski definition) is 1. The van der Waals surface area contributed by atoms with Crippen molar-refractivity contribution in [3.8, 4) is 0 Å². The number of nitrogens with one attached hydrogen (secondary N) is 1. The lowest BCUT2D eigenvalue weighted by Gasteiger charge is -2.13. The molecule has 1 amide bonds. The van der Waals surface area contributed by atoms with Crippen LogP contribution in [0.5, 0.6) is 0 Å². The Balaban J connectivity index is 1.68. The number of amides is 1. The van der Waals surface area contributed by atoms with Crippen molar-refractivity contribution in [2.45, 2.75) is 33.4 Å². The molecule has 2 aromatic heterocycles. The molecule has 6 nitrogen and oxygen atoms in total. The highest BCUT2D eigenvalue weighted by Crippen LogP contribution is 2.23. The van der Waals surface area contributed by atoms with Crippen LogP contribution in [0.25, 0.3) is 0 Å². The SMILES string of the molecule is Cc1nn(C(C)C(=O)Nc2cnn(Cc3cccc(F)c3)c2)c(C)c1Br. The molecule has 3 rings (SSSR count). The van der Waals surface area contributed by atoms with Crippen molar-refractivity contribution in [3.05, 3.63) is 63.9 Å². The molecule has 0 aliphatic heterocycles. The highest BCUT2D eigenvalue weighted by atomic mass is 79.9. The number of hydrogen-bond acceptors (Lipinski definition) is 3. The number of anilines is 1. The molecule has 0 bridgehead atoms. The second-order valence-corrected chi connectivity index (χ2v) is 6.94. The quantitative estimate of drug-likeness (QED) is 0.682. The van der Waals surface area contributed by atoms with Crippen molar-refractivity contribution < 1.29 is 9.18 Å². The Labute approximate surface area is 159 Å². The fourth-order valence-corrected chi connectivity index (χ4v) is 2.98. The van der Waals surface area contributed by atoms with Crippen LogP contribution in [0, 0.1) is 19.7 Å². The normalized spacial score (nSPS) is 12.2. The maximum Gasteiger partial charge on any atom is 0.249 e. The summed E-state index contributed by atoms with van der Waals surface area (Å²) in [4.78, 5) is 12.5. The highest BCUT2D eigenvalue weighted by Gasteiger charge is 2.20. The first-order chi connectivity index (χ1) is 12.3. The number of benzene rings is 1. The molecular weight excluding hydrogens is 401 g/mol. The summed E-state index contributed by atoms with van der Waals surface area (Å²) >= 11 is 3.47. The Morgan fingerprint density at radius 3 is 2.81 bits per heavy atom. The summed E-state index contributed by atoms with van der Waals surface area (Å²) in [6.45, 7) is 6.01. The molecule has 1 aromatic carbocycles.